The van der Waals surface area contributed by atoms with Crippen LogP contribution in [0.2, 0.25) is 5.02 Å². The van der Waals surface area contributed by atoms with Gasteiger partial charge in [-0.2, -0.15) is 0 Å². The third-order valence-corrected chi connectivity index (χ3v) is 3.45. The van der Waals surface area contributed by atoms with Gasteiger partial charge >= 0.3 is 7.12 Å². The summed E-state index contributed by atoms with van der Waals surface area (Å²) < 4.78 is 2.02. The van der Waals surface area contributed by atoms with Gasteiger partial charge in [-0.15, -0.1) is 0 Å². The van der Waals surface area contributed by atoms with E-state index in [1.165, 1.54) is 0 Å². The summed E-state index contributed by atoms with van der Waals surface area (Å²) >= 11 is 5.94. The topological polar surface area (TPSA) is 58.3 Å². The zero-order valence-corrected chi connectivity index (χ0v) is 11.3. The van der Waals surface area contributed by atoms with E-state index in [2.05, 4.69) is 4.98 Å². The van der Waals surface area contributed by atoms with Crippen LogP contribution in [0.4, 0.5) is 0 Å². The van der Waals surface area contributed by atoms with Crippen molar-refractivity contribution in [1.82, 2.24) is 9.55 Å². The third kappa shape index (κ3) is 2.56. The lowest BCUT2D eigenvalue weighted by Crippen LogP contribution is -2.29. The summed E-state index contributed by atoms with van der Waals surface area (Å²) in [6.07, 6.45) is 1.77. The van der Waals surface area contributed by atoms with Crippen molar-refractivity contribution in [1.29, 1.82) is 0 Å². The van der Waals surface area contributed by atoms with Gasteiger partial charge in [0.2, 0.25) is 0 Å². The van der Waals surface area contributed by atoms with Gasteiger partial charge in [0.1, 0.15) is 0 Å². The van der Waals surface area contributed by atoms with Crippen LogP contribution in [-0.4, -0.2) is 26.7 Å². The first-order valence-electron chi connectivity index (χ1n) is 6.19. The summed E-state index contributed by atoms with van der Waals surface area (Å²) in [7, 11) is -1.43. The van der Waals surface area contributed by atoms with E-state index in [9.17, 15) is 0 Å². The lowest BCUT2D eigenvalue weighted by atomic mass is 9.80. The second kappa shape index (κ2) is 5.29. The van der Waals surface area contributed by atoms with Crippen LogP contribution in [0.3, 0.4) is 0 Å². The fourth-order valence-corrected chi connectivity index (χ4v) is 2.32. The predicted octanol–water partition coefficient (Wildman–Crippen LogP) is 1.42. The molecule has 1 heterocycles. The molecule has 0 spiro atoms. The van der Waals surface area contributed by atoms with Crippen LogP contribution in [0, 0.1) is 0 Å². The van der Waals surface area contributed by atoms with Crippen molar-refractivity contribution < 1.29 is 10.0 Å². The fourth-order valence-electron chi connectivity index (χ4n) is 2.15. The first kappa shape index (κ1) is 13.2. The van der Waals surface area contributed by atoms with Gasteiger partial charge in [-0.05, 0) is 29.2 Å². The number of benzene rings is 2. The van der Waals surface area contributed by atoms with Crippen molar-refractivity contribution in [3.8, 4) is 0 Å². The average molecular weight is 287 g/mol. The van der Waals surface area contributed by atoms with Gasteiger partial charge < -0.3 is 14.6 Å². The molecule has 0 atom stereocenters. The van der Waals surface area contributed by atoms with Crippen molar-refractivity contribution in [3.63, 3.8) is 0 Å². The highest BCUT2D eigenvalue weighted by atomic mass is 35.5. The van der Waals surface area contributed by atoms with Crippen LogP contribution in [0.25, 0.3) is 11.0 Å². The van der Waals surface area contributed by atoms with E-state index < -0.39 is 7.12 Å². The molecule has 1 aromatic heterocycles. The lowest BCUT2D eigenvalue weighted by molar-refractivity contribution is 0.426. The average Bonchev–Trinajstić information content (AvgIpc) is 2.81. The molecule has 0 aliphatic heterocycles. The van der Waals surface area contributed by atoms with Crippen LogP contribution < -0.4 is 5.46 Å². The number of halogens is 1. The van der Waals surface area contributed by atoms with E-state index in [4.69, 9.17) is 21.6 Å². The quantitative estimate of drug-likeness (QED) is 0.716. The van der Waals surface area contributed by atoms with Gasteiger partial charge in [0.15, 0.2) is 0 Å². The Bertz CT molecular complexity index is 741. The Morgan fingerprint density at radius 3 is 2.55 bits per heavy atom. The van der Waals surface area contributed by atoms with Crippen LogP contribution in [-0.2, 0) is 6.54 Å². The zero-order chi connectivity index (χ0) is 14.1. The molecule has 0 aliphatic rings. The minimum absolute atomic E-state index is 0.482. The molecule has 20 heavy (non-hydrogen) atoms. The van der Waals surface area contributed by atoms with Crippen LogP contribution in [0.1, 0.15) is 5.56 Å². The Morgan fingerprint density at radius 2 is 1.85 bits per heavy atom. The number of imidazole rings is 1. The molecule has 0 unspecified atom stereocenters. The molecular formula is C14H12BClN2O2. The Kier molecular flexibility index (Phi) is 3.48. The monoisotopic (exact) mass is 286 g/mol. The molecule has 0 fully saturated rings. The van der Waals surface area contributed by atoms with E-state index in [0.29, 0.717) is 17.0 Å². The van der Waals surface area contributed by atoms with Gasteiger partial charge in [-0.25, -0.2) is 4.98 Å². The van der Waals surface area contributed by atoms with E-state index >= 15 is 0 Å². The summed E-state index contributed by atoms with van der Waals surface area (Å²) in [4.78, 5) is 4.32. The molecule has 3 rings (SSSR count). The predicted molar refractivity (Wildman–Crippen MR) is 80.1 cm³/mol. The first-order chi connectivity index (χ1) is 9.63. The van der Waals surface area contributed by atoms with Crippen LogP contribution >= 0.6 is 11.6 Å². The number of fused-ring (bicyclic) bond motifs is 1. The largest absolute Gasteiger partial charge is 0.488 e. The molecule has 6 heteroatoms. The Hall–Kier alpha value is -1.82. The van der Waals surface area contributed by atoms with E-state index in [0.717, 1.165) is 16.6 Å². The van der Waals surface area contributed by atoms with Crippen molar-refractivity contribution in [2.24, 2.45) is 0 Å². The van der Waals surface area contributed by atoms with Crippen molar-refractivity contribution in [2.75, 3.05) is 0 Å². The maximum Gasteiger partial charge on any atom is 0.488 e. The highest BCUT2D eigenvalue weighted by molar-refractivity contribution is 6.58. The maximum atomic E-state index is 9.07. The number of hydrogen-bond acceptors (Lipinski definition) is 3. The molecule has 0 saturated heterocycles. The van der Waals surface area contributed by atoms with Crippen molar-refractivity contribution in [2.45, 2.75) is 6.54 Å². The number of nitrogens with zero attached hydrogens (tertiary/aromatic N) is 2. The van der Waals surface area contributed by atoms with Gasteiger partial charge in [-0.1, -0.05) is 35.9 Å². The fraction of sp³-hybridized carbons (Fsp3) is 0.0714. The normalized spacial score (nSPS) is 10.9. The second-order valence-electron chi connectivity index (χ2n) is 4.62. The maximum absolute atomic E-state index is 9.07. The summed E-state index contributed by atoms with van der Waals surface area (Å²) in [6, 6.07) is 12.8. The summed E-state index contributed by atoms with van der Waals surface area (Å²) in [6.45, 7) is 0.667. The molecule has 4 nitrogen and oxygen atoms in total. The second-order valence-corrected chi connectivity index (χ2v) is 5.06. The minimum Gasteiger partial charge on any atom is -0.423 e. The molecule has 2 aromatic carbocycles. The van der Waals surface area contributed by atoms with Crippen molar-refractivity contribution >= 4 is 35.2 Å². The summed E-state index contributed by atoms with van der Waals surface area (Å²) in [5, 5.41) is 18.8. The molecule has 0 amide bonds. The highest BCUT2D eigenvalue weighted by Crippen LogP contribution is 2.19. The lowest BCUT2D eigenvalue weighted by Gasteiger charge is -2.06. The van der Waals surface area contributed by atoms with E-state index in [1.54, 1.807) is 18.5 Å². The molecule has 0 aliphatic carbocycles. The van der Waals surface area contributed by atoms with Crippen LogP contribution in [0.5, 0.6) is 0 Å². The molecular weight excluding hydrogens is 274 g/mol. The van der Waals surface area contributed by atoms with E-state index in [1.807, 2.05) is 34.9 Å². The van der Waals surface area contributed by atoms with Gasteiger partial charge in [-0.3, -0.25) is 0 Å². The minimum atomic E-state index is -1.43. The van der Waals surface area contributed by atoms with Crippen molar-refractivity contribution in [3.05, 3.63) is 59.4 Å². The Labute approximate surface area is 121 Å². The molecule has 0 bridgehead atoms. The standard InChI is InChI=1S/C14H12BClN2O2/c16-12-5-6-14-13(7-12)17-9-18(14)8-10-1-3-11(4-2-10)15(19)20/h1-7,9,19-20H,8H2. The zero-order valence-electron chi connectivity index (χ0n) is 10.6. The number of aromatic nitrogens is 2. The van der Waals surface area contributed by atoms with Gasteiger partial charge in [0.25, 0.3) is 0 Å². The molecule has 100 valence electrons. The Morgan fingerprint density at radius 1 is 1.10 bits per heavy atom. The highest BCUT2D eigenvalue weighted by Gasteiger charge is 2.10. The summed E-state index contributed by atoms with van der Waals surface area (Å²) in [5.74, 6) is 0. The number of hydrogen-bond donors (Lipinski definition) is 2. The van der Waals surface area contributed by atoms with Gasteiger partial charge in [0, 0.05) is 11.6 Å². The first-order valence-corrected chi connectivity index (χ1v) is 6.56. The third-order valence-electron chi connectivity index (χ3n) is 3.21. The molecule has 2 N–H and O–H groups in total. The molecule has 0 radical (unpaired) electrons. The Balaban J connectivity index is 1.89. The van der Waals surface area contributed by atoms with Gasteiger partial charge in [0.05, 0.1) is 17.4 Å². The molecule has 3 aromatic rings. The number of rotatable bonds is 3. The van der Waals surface area contributed by atoms with E-state index in [-0.39, 0.29) is 0 Å². The van der Waals surface area contributed by atoms with Crippen LogP contribution in [0.15, 0.2) is 48.8 Å². The SMILES string of the molecule is OB(O)c1ccc(Cn2cnc3cc(Cl)ccc32)cc1. The molecule has 0 saturated carbocycles. The summed E-state index contributed by atoms with van der Waals surface area (Å²) in [5.41, 5.74) is 3.42. The smallest absolute Gasteiger partial charge is 0.423 e.